The second-order valence-corrected chi connectivity index (χ2v) is 4.79. The van der Waals surface area contributed by atoms with Gasteiger partial charge in [0.25, 0.3) is 0 Å². The monoisotopic (exact) mass is 241 g/mol. The second kappa shape index (κ2) is 5.74. The molecule has 0 saturated carbocycles. The largest absolute Gasteiger partial charge is 0.308 e. The maximum atomic E-state index is 4.38. The van der Waals surface area contributed by atoms with Gasteiger partial charge in [0.05, 0.1) is 6.54 Å². The first-order chi connectivity index (χ1) is 8.65. The van der Waals surface area contributed by atoms with Crippen molar-refractivity contribution in [2.24, 2.45) is 0 Å². The van der Waals surface area contributed by atoms with Gasteiger partial charge >= 0.3 is 0 Å². The van der Waals surface area contributed by atoms with Gasteiger partial charge in [-0.25, -0.2) is 9.97 Å². The van der Waals surface area contributed by atoms with Gasteiger partial charge in [0.1, 0.15) is 5.82 Å². The second-order valence-electron chi connectivity index (χ2n) is 4.79. The average Bonchev–Trinajstić information content (AvgIpc) is 2.37. The van der Waals surface area contributed by atoms with E-state index >= 15 is 0 Å². The molecule has 0 aliphatic carbocycles. The van der Waals surface area contributed by atoms with Crippen LogP contribution in [-0.2, 0) is 6.54 Å². The fourth-order valence-electron chi connectivity index (χ4n) is 1.72. The van der Waals surface area contributed by atoms with E-state index < -0.39 is 0 Å². The molecule has 1 heterocycles. The highest BCUT2D eigenvalue weighted by Crippen LogP contribution is 2.18. The van der Waals surface area contributed by atoms with Crippen molar-refractivity contribution in [3.8, 4) is 11.1 Å². The van der Waals surface area contributed by atoms with Crippen molar-refractivity contribution in [3.05, 3.63) is 48.0 Å². The number of nitrogens with one attached hydrogen (secondary N) is 1. The van der Waals surface area contributed by atoms with Crippen LogP contribution in [0.2, 0.25) is 0 Å². The molecule has 0 aliphatic heterocycles. The van der Waals surface area contributed by atoms with Crippen molar-refractivity contribution in [1.29, 1.82) is 0 Å². The number of rotatable bonds is 4. The smallest absolute Gasteiger partial charge is 0.141 e. The Balaban J connectivity index is 2.12. The first-order valence-electron chi connectivity index (χ1n) is 6.26. The summed E-state index contributed by atoms with van der Waals surface area (Å²) in [5.74, 6) is 0.833. The van der Waals surface area contributed by atoms with Crippen LogP contribution in [0.3, 0.4) is 0 Å². The molecule has 3 heteroatoms. The Morgan fingerprint density at radius 2 is 1.83 bits per heavy atom. The van der Waals surface area contributed by atoms with Crippen molar-refractivity contribution < 1.29 is 0 Å². The lowest BCUT2D eigenvalue weighted by Crippen LogP contribution is -2.23. The van der Waals surface area contributed by atoms with Gasteiger partial charge in [0.2, 0.25) is 0 Å². The van der Waals surface area contributed by atoms with E-state index in [9.17, 15) is 0 Å². The van der Waals surface area contributed by atoms with Crippen molar-refractivity contribution >= 4 is 0 Å². The number of benzene rings is 1. The first kappa shape index (κ1) is 12.7. The molecule has 18 heavy (non-hydrogen) atoms. The van der Waals surface area contributed by atoms with Crippen molar-refractivity contribution in [2.75, 3.05) is 0 Å². The average molecular weight is 241 g/mol. The predicted molar refractivity (Wildman–Crippen MR) is 74.2 cm³/mol. The zero-order valence-electron chi connectivity index (χ0n) is 11.1. The van der Waals surface area contributed by atoms with Gasteiger partial charge in [-0.2, -0.15) is 0 Å². The molecule has 94 valence electrons. The summed E-state index contributed by atoms with van der Waals surface area (Å²) in [6, 6.07) is 8.82. The summed E-state index contributed by atoms with van der Waals surface area (Å²) in [5, 5.41) is 3.31. The predicted octanol–water partition coefficient (Wildman–Crippen LogP) is 2.95. The lowest BCUT2D eigenvalue weighted by molar-refractivity contribution is 0.572. The summed E-state index contributed by atoms with van der Waals surface area (Å²) >= 11 is 0. The summed E-state index contributed by atoms with van der Waals surface area (Å²) in [6.07, 6.45) is 3.78. The third-order valence-corrected chi connectivity index (χ3v) is 2.73. The number of aromatic nitrogens is 2. The molecule has 1 N–H and O–H groups in total. The van der Waals surface area contributed by atoms with Gasteiger partial charge in [-0.15, -0.1) is 0 Å². The van der Waals surface area contributed by atoms with Crippen LogP contribution in [0.5, 0.6) is 0 Å². The molecular formula is C15H19N3. The molecule has 0 saturated heterocycles. The molecule has 0 atom stereocenters. The van der Waals surface area contributed by atoms with E-state index in [0.29, 0.717) is 12.6 Å². The maximum Gasteiger partial charge on any atom is 0.141 e. The fraction of sp³-hybridized carbons (Fsp3) is 0.333. The Morgan fingerprint density at radius 3 is 2.44 bits per heavy atom. The molecule has 0 radical (unpaired) electrons. The zero-order valence-corrected chi connectivity index (χ0v) is 11.1. The number of nitrogens with zero attached hydrogens (tertiary/aromatic N) is 2. The zero-order chi connectivity index (χ0) is 13.0. The van der Waals surface area contributed by atoms with Crippen LogP contribution in [0.15, 0.2) is 36.7 Å². The molecule has 2 rings (SSSR count). The van der Waals surface area contributed by atoms with Gasteiger partial charge in [-0.1, -0.05) is 43.7 Å². The molecule has 1 aromatic carbocycles. The third kappa shape index (κ3) is 3.37. The Bertz CT molecular complexity index is 503. The molecule has 0 bridgehead atoms. The topological polar surface area (TPSA) is 37.8 Å². The minimum atomic E-state index is 0.449. The van der Waals surface area contributed by atoms with E-state index in [0.717, 1.165) is 11.4 Å². The van der Waals surface area contributed by atoms with Crippen molar-refractivity contribution in [3.63, 3.8) is 0 Å². The van der Waals surface area contributed by atoms with Crippen LogP contribution in [0.25, 0.3) is 11.1 Å². The molecule has 0 aliphatic rings. The number of aryl methyl sites for hydroxylation is 1. The highest BCUT2D eigenvalue weighted by molar-refractivity contribution is 5.62. The van der Waals surface area contributed by atoms with Gasteiger partial charge in [0.15, 0.2) is 0 Å². The summed E-state index contributed by atoms with van der Waals surface area (Å²) < 4.78 is 0. The lowest BCUT2D eigenvalue weighted by Gasteiger charge is -2.07. The first-order valence-corrected chi connectivity index (χ1v) is 6.26. The Morgan fingerprint density at radius 1 is 1.11 bits per heavy atom. The van der Waals surface area contributed by atoms with E-state index in [2.05, 4.69) is 60.3 Å². The molecule has 1 aromatic heterocycles. The summed E-state index contributed by atoms with van der Waals surface area (Å²) in [5.41, 5.74) is 3.48. The number of hydrogen-bond donors (Lipinski definition) is 1. The van der Waals surface area contributed by atoms with Gasteiger partial charge < -0.3 is 5.32 Å². The van der Waals surface area contributed by atoms with Crippen LogP contribution >= 0.6 is 0 Å². The molecule has 0 spiro atoms. The van der Waals surface area contributed by atoms with Gasteiger partial charge in [-0.05, 0) is 12.5 Å². The molecule has 2 aromatic rings. The summed E-state index contributed by atoms with van der Waals surface area (Å²) in [7, 11) is 0. The van der Waals surface area contributed by atoms with Crippen LogP contribution in [-0.4, -0.2) is 16.0 Å². The summed E-state index contributed by atoms with van der Waals surface area (Å²) in [6.45, 7) is 7.03. The fourth-order valence-corrected chi connectivity index (χ4v) is 1.72. The van der Waals surface area contributed by atoms with Gasteiger partial charge in [0, 0.05) is 24.0 Å². The van der Waals surface area contributed by atoms with E-state index in [1.807, 2.05) is 12.4 Å². The summed E-state index contributed by atoms with van der Waals surface area (Å²) in [4.78, 5) is 8.77. The molecule has 0 unspecified atom stereocenters. The van der Waals surface area contributed by atoms with Crippen LogP contribution < -0.4 is 5.32 Å². The third-order valence-electron chi connectivity index (χ3n) is 2.73. The lowest BCUT2D eigenvalue weighted by atomic mass is 10.1. The minimum absolute atomic E-state index is 0.449. The highest BCUT2D eigenvalue weighted by atomic mass is 15.0. The van der Waals surface area contributed by atoms with Crippen LogP contribution in [0, 0.1) is 6.92 Å². The highest BCUT2D eigenvalue weighted by Gasteiger charge is 2.01. The quantitative estimate of drug-likeness (QED) is 0.894. The Labute approximate surface area is 108 Å². The van der Waals surface area contributed by atoms with E-state index in [1.54, 1.807) is 0 Å². The molecule has 3 nitrogen and oxygen atoms in total. The standard InChI is InChI=1S/C15H19N3/c1-11(2)16-10-15-17-8-14(9-18-15)13-6-4-5-12(3)7-13/h4-9,11,16H,10H2,1-3H3. The minimum Gasteiger partial charge on any atom is -0.308 e. The van der Waals surface area contributed by atoms with Crippen LogP contribution in [0.4, 0.5) is 0 Å². The van der Waals surface area contributed by atoms with Crippen molar-refractivity contribution in [1.82, 2.24) is 15.3 Å². The Hall–Kier alpha value is -1.74. The molecular weight excluding hydrogens is 222 g/mol. The molecule has 0 amide bonds. The van der Waals surface area contributed by atoms with Crippen molar-refractivity contribution in [2.45, 2.75) is 33.4 Å². The van der Waals surface area contributed by atoms with E-state index in [-0.39, 0.29) is 0 Å². The van der Waals surface area contributed by atoms with E-state index in [1.165, 1.54) is 11.1 Å². The maximum absolute atomic E-state index is 4.38. The molecule has 0 fully saturated rings. The Kier molecular flexibility index (Phi) is 4.05. The normalized spacial score (nSPS) is 10.9. The van der Waals surface area contributed by atoms with E-state index in [4.69, 9.17) is 0 Å². The van der Waals surface area contributed by atoms with Crippen LogP contribution in [0.1, 0.15) is 25.2 Å². The SMILES string of the molecule is Cc1cccc(-c2cnc(CNC(C)C)nc2)c1. The van der Waals surface area contributed by atoms with Gasteiger partial charge in [-0.3, -0.25) is 0 Å². The number of hydrogen-bond acceptors (Lipinski definition) is 3.